The normalized spacial score (nSPS) is 13.4. The number of aromatic nitrogens is 1. The van der Waals surface area contributed by atoms with E-state index in [1.165, 1.54) is 6.39 Å². The molecule has 0 fully saturated rings. The molecule has 0 aliphatic heterocycles. The van der Waals surface area contributed by atoms with Crippen molar-refractivity contribution in [2.24, 2.45) is 11.6 Å². The molecule has 0 spiro atoms. The van der Waals surface area contributed by atoms with Gasteiger partial charge in [0.2, 0.25) is 0 Å². The van der Waals surface area contributed by atoms with Gasteiger partial charge in [0, 0.05) is 0 Å². The zero-order chi connectivity index (χ0) is 9.26. The number of nitrogens with zero attached hydrogens (tertiary/aromatic N) is 1. The minimum absolute atomic E-state index is 0.380. The van der Waals surface area contributed by atoms with Crippen molar-refractivity contribution in [2.45, 2.75) is 6.17 Å². The van der Waals surface area contributed by atoms with E-state index in [0.717, 1.165) is 11.1 Å². The fourth-order valence-corrected chi connectivity index (χ4v) is 1.16. The lowest BCUT2D eigenvalue weighted by atomic mass is 10.2. The number of hydrogen-bond donors (Lipinski definition) is 3. The molecule has 13 heavy (non-hydrogen) atoms. The van der Waals surface area contributed by atoms with Gasteiger partial charge in [-0.15, -0.1) is 0 Å². The van der Waals surface area contributed by atoms with Gasteiger partial charge in [0.05, 0.1) is 6.17 Å². The molecule has 2 rings (SSSR count). The van der Waals surface area contributed by atoms with Crippen LogP contribution in [0.1, 0.15) is 11.7 Å². The standard InChI is InChI=1S/C8H10N4O/c9-8(12-10)5-1-2-6-7(3-5)13-4-11-6/h1-4,8,12H,9-10H2. The van der Waals surface area contributed by atoms with Gasteiger partial charge in [-0.1, -0.05) is 6.07 Å². The van der Waals surface area contributed by atoms with Crippen LogP contribution in [0, 0.1) is 0 Å². The first-order valence-corrected chi connectivity index (χ1v) is 3.86. The molecule has 5 N–H and O–H groups in total. The maximum absolute atomic E-state index is 5.66. The third kappa shape index (κ3) is 1.40. The smallest absolute Gasteiger partial charge is 0.181 e. The van der Waals surface area contributed by atoms with Crippen molar-refractivity contribution in [3.8, 4) is 0 Å². The highest BCUT2D eigenvalue weighted by atomic mass is 16.3. The third-order valence-electron chi connectivity index (χ3n) is 1.89. The van der Waals surface area contributed by atoms with Gasteiger partial charge in [0.1, 0.15) is 5.52 Å². The molecule has 1 atom stereocenters. The number of fused-ring (bicyclic) bond motifs is 1. The van der Waals surface area contributed by atoms with Crippen LogP contribution < -0.4 is 17.0 Å². The Balaban J connectivity index is 2.48. The molecule has 0 saturated heterocycles. The number of benzene rings is 1. The van der Waals surface area contributed by atoms with Crippen molar-refractivity contribution >= 4 is 11.1 Å². The zero-order valence-electron chi connectivity index (χ0n) is 6.90. The van der Waals surface area contributed by atoms with Crippen molar-refractivity contribution in [1.82, 2.24) is 10.4 Å². The zero-order valence-corrected chi connectivity index (χ0v) is 6.90. The molecular weight excluding hydrogens is 168 g/mol. The second kappa shape index (κ2) is 3.14. The molecule has 0 aliphatic rings. The van der Waals surface area contributed by atoms with E-state index in [9.17, 15) is 0 Å². The van der Waals surface area contributed by atoms with Crippen LogP contribution in [0.15, 0.2) is 29.0 Å². The second-order valence-electron chi connectivity index (χ2n) is 2.72. The lowest BCUT2D eigenvalue weighted by Crippen LogP contribution is -2.33. The molecule has 0 amide bonds. The summed E-state index contributed by atoms with van der Waals surface area (Å²) < 4.78 is 5.12. The van der Waals surface area contributed by atoms with Gasteiger partial charge in [-0.3, -0.25) is 5.84 Å². The number of hydrazine groups is 1. The molecule has 1 heterocycles. The molecule has 1 aromatic heterocycles. The Kier molecular flexibility index (Phi) is 1.97. The van der Waals surface area contributed by atoms with Crippen LogP contribution in [-0.2, 0) is 0 Å². The monoisotopic (exact) mass is 178 g/mol. The van der Waals surface area contributed by atoms with Gasteiger partial charge in [0.15, 0.2) is 12.0 Å². The minimum Gasteiger partial charge on any atom is -0.443 e. The summed E-state index contributed by atoms with van der Waals surface area (Å²) in [4.78, 5) is 3.99. The van der Waals surface area contributed by atoms with Crippen LogP contribution >= 0.6 is 0 Å². The molecule has 0 radical (unpaired) electrons. The number of oxazole rings is 1. The van der Waals surface area contributed by atoms with E-state index < -0.39 is 0 Å². The Morgan fingerprint density at radius 1 is 1.46 bits per heavy atom. The summed E-state index contributed by atoms with van der Waals surface area (Å²) in [5, 5.41) is 0. The van der Waals surface area contributed by atoms with Gasteiger partial charge < -0.3 is 10.2 Å². The van der Waals surface area contributed by atoms with Crippen molar-refractivity contribution in [3.63, 3.8) is 0 Å². The van der Waals surface area contributed by atoms with Crippen LogP contribution in [0.5, 0.6) is 0 Å². The molecule has 1 aromatic carbocycles. The molecule has 5 nitrogen and oxygen atoms in total. The van der Waals surface area contributed by atoms with Crippen molar-refractivity contribution in [2.75, 3.05) is 0 Å². The van der Waals surface area contributed by atoms with Crippen molar-refractivity contribution < 1.29 is 4.42 Å². The van der Waals surface area contributed by atoms with E-state index in [2.05, 4.69) is 10.4 Å². The van der Waals surface area contributed by atoms with Gasteiger partial charge in [0.25, 0.3) is 0 Å². The largest absolute Gasteiger partial charge is 0.443 e. The maximum Gasteiger partial charge on any atom is 0.181 e. The van der Waals surface area contributed by atoms with Gasteiger partial charge in [-0.05, 0) is 17.7 Å². The fourth-order valence-electron chi connectivity index (χ4n) is 1.16. The minimum atomic E-state index is -0.380. The van der Waals surface area contributed by atoms with E-state index >= 15 is 0 Å². The van der Waals surface area contributed by atoms with E-state index in [4.69, 9.17) is 16.0 Å². The maximum atomic E-state index is 5.66. The summed E-state index contributed by atoms with van der Waals surface area (Å²) in [7, 11) is 0. The fraction of sp³-hybridized carbons (Fsp3) is 0.125. The molecule has 0 saturated carbocycles. The van der Waals surface area contributed by atoms with Crippen LogP contribution in [0.3, 0.4) is 0 Å². The molecule has 2 aromatic rings. The number of nitrogens with two attached hydrogens (primary N) is 2. The highest BCUT2D eigenvalue weighted by Gasteiger charge is 2.05. The topological polar surface area (TPSA) is 90.1 Å². The summed E-state index contributed by atoms with van der Waals surface area (Å²) in [6.07, 6.45) is 1.02. The summed E-state index contributed by atoms with van der Waals surface area (Å²) >= 11 is 0. The Morgan fingerprint density at radius 2 is 2.31 bits per heavy atom. The van der Waals surface area contributed by atoms with Gasteiger partial charge in [-0.25, -0.2) is 10.4 Å². The first-order valence-electron chi connectivity index (χ1n) is 3.86. The van der Waals surface area contributed by atoms with E-state index in [1.807, 2.05) is 18.2 Å². The Morgan fingerprint density at radius 3 is 3.08 bits per heavy atom. The summed E-state index contributed by atoms with van der Waals surface area (Å²) in [5.74, 6) is 5.20. The average Bonchev–Trinajstić information content (AvgIpc) is 2.63. The number of rotatable bonds is 2. The first kappa shape index (κ1) is 8.18. The highest BCUT2D eigenvalue weighted by Crippen LogP contribution is 2.16. The molecule has 5 heteroatoms. The molecular formula is C8H10N4O. The van der Waals surface area contributed by atoms with Crippen LogP contribution in [0.4, 0.5) is 0 Å². The third-order valence-corrected chi connectivity index (χ3v) is 1.89. The predicted molar refractivity (Wildman–Crippen MR) is 48.3 cm³/mol. The summed E-state index contributed by atoms with van der Waals surface area (Å²) in [6, 6.07) is 5.51. The number of hydrogen-bond acceptors (Lipinski definition) is 5. The first-order chi connectivity index (χ1) is 6.31. The van der Waals surface area contributed by atoms with Gasteiger partial charge in [-0.2, -0.15) is 0 Å². The highest BCUT2D eigenvalue weighted by molar-refractivity contribution is 5.72. The van der Waals surface area contributed by atoms with Crippen LogP contribution in [0.25, 0.3) is 11.1 Å². The molecule has 1 unspecified atom stereocenters. The van der Waals surface area contributed by atoms with Crippen molar-refractivity contribution in [1.29, 1.82) is 0 Å². The summed E-state index contributed by atoms with van der Waals surface area (Å²) in [6.45, 7) is 0. The lowest BCUT2D eigenvalue weighted by molar-refractivity contribution is 0.572. The SMILES string of the molecule is NNC(N)c1ccc2ncoc2c1. The number of nitrogens with one attached hydrogen (secondary N) is 1. The van der Waals surface area contributed by atoms with E-state index in [-0.39, 0.29) is 6.17 Å². The van der Waals surface area contributed by atoms with E-state index in [0.29, 0.717) is 5.58 Å². The predicted octanol–water partition coefficient (Wildman–Crippen LogP) is 0.248. The molecule has 0 aliphatic carbocycles. The Bertz CT molecular complexity index is 411. The van der Waals surface area contributed by atoms with Crippen LogP contribution in [0.2, 0.25) is 0 Å². The van der Waals surface area contributed by atoms with Gasteiger partial charge >= 0.3 is 0 Å². The molecule has 0 bridgehead atoms. The quantitative estimate of drug-likeness (QED) is 0.348. The summed E-state index contributed by atoms with van der Waals surface area (Å²) in [5.41, 5.74) is 10.5. The Hall–Kier alpha value is -1.43. The lowest BCUT2D eigenvalue weighted by Gasteiger charge is -2.08. The van der Waals surface area contributed by atoms with E-state index in [1.54, 1.807) is 0 Å². The Labute approximate surface area is 74.7 Å². The second-order valence-corrected chi connectivity index (χ2v) is 2.72. The average molecular weight is 178 g/mol. The van der Waals surface area contributed by atoms with Crippen molar-refractivity contribution in [3.05, 3.63) is 30.2 Å². The molecule has 68 valence electrons. The van der Waals surface area contributed by atoms with Crippen LogP contribution in [-0.4, -0.2) is 4.98 Å².